The molecule has 7 heteroatoms. The summed E-state index contributed by atoms with van der Waals surface area (Å²) in [5.41, 5.74) is 3.40. The Morgan fingerprint density at radius 2 is 2.09 bits per heavy atom. The van der Waals surface area contributed by atoms with E-state index < -0.39 is 4.92 Å². The molecule has 4 rings (SSSR count). The number of thiophene rings is 1. The number of carbonyl (C=O) groups excluding carboxylic acids is 1. The van der Waals surface area contributed by atoms with E-state index in [4.69, 9.17) is 0 Å². The number of rotatable bonds is 2. The summed E-state index contributed by atoms with van der Waals surface area (Å²) in [5, 5.41) is 11.9. The number of amides is 1. The van der Waals surface area contributed by atoms with Gasteiger partial charge in [0.2, 0.25) is 0 Å². The number of carbonyl (C=O) groups is 1. The van der Waals surface area contributed by atoms with Crippen molar-refractivity contribution in [3.8, 4) is 0 Å². The Morgan fingerprint density at radius 1 is 1.26 bits per heavy atom. The quantitative estimate of drug-likeness (QED) is 0.579. The number of nitrogens with zero attached hydrogens (tertiary/aromatic N) is 2. The van der Waals surface area contributed by atoms with Crippen molar-refractivity contribution < 1.29 is 9.72 Å². The Balaban J connectivity index is 1.64. The Morgan fingerprint density at radius 3 is 2.87 bits per heavy atom. The number of nitro groups is 1. The van der Waals surface area contributed by atoms with Gasteiger partial charge >= 0.3 is 5.00 Å². The first-order valence-corrected chi connectivity index (χ1v) is 8.07. The molecule has 0 spiro atoms. The van der Waals surface area contributed by atoms with E-state index in [-0.39, 0.29) is 10.9 Å². The van der Waals surface area contributed by atoms with E-state index in [0.29, 0.717) is 18.0 Å². The topological polar surface area (TPSA) is 79.2 Å². The molecule has 3 aromatic rings. The Labute approximate surface area is 135 Å². The van der Waals surface area contributed by atoms with Crippen molar-refractivity contribution >= 4 is 33.1 Å². The van der Waals surface area contributed by atoms with E-state index in [0.717, 1.165) is 34.2 Å². The monoisotopic (exact) mass is 327 g/mol. The molecule has 6 nitrogen and oxygen atoms in total. The lowest BCUT2D eigenvalue weighted by Gasteiger charge is -2.26. The fraction of sp³-hybridized carbons (Fsp3) is 0.188. The molecule has 0 saturated heterocycles. The standard InChI is InChI=1S/C16H13N3O3S/c20-16(14-5-6-15(23-14)19(21)22)18-8-7-13-11(9-18)10-3-1-2-4-12(10)17-13/h1-6,17H,7-9H2. The number of para-hydroxylation sites is 1. The Bertz CT molecular complexity index is 928. The van der Waals surface area contributed by atoms with Gasteiger partial charge in [-0.1, -0.05) is 29.5 Å². The molecule has 1 aliphatic rings. The molecule has 1 N–H and O–H groups in total. The second kappa shape index (κ2) is 5.20. The number of hydrogen-bond acceptors (Lipinski definition) is 4. The van der Waals surface area contributed by atoms with E-state index in [9.17, 15) is 14.9 Å². The van der Waals surface area contributed by atoms with Crippen LogP contribution < -0.4 is 0 Å². The van der Waals surface area contributed by atoms with Crippen molar-refractivity contribution in [2.45, 2.75) is 13.0 Å². The molecular formula is C16H13N3O3S. The van der Waals surface area contributed by atoms with Crippen molar-refractivity contribution in [2.24, 2.45) is 0 Å². The van der Waals surface area contributed by atoms with Gasteiger partial charge in [0.15, 0.2) is 0 Å². The summed E-state index contributed by atoms with van der Waals surface area (Å²) in [4.78, 5) is 28.5. The van der Waals surface area contributed by atoms with Crippen LogP contribution in [0, 0.1) is 10.1 Å². The first kappa shape index (κ1) is 14.0. The number of fused-ring (bicyclic) bond motifs is 3. The number of aromatic amines is 1. The molecule has 3 heterocycles. The average Bonchev–Trinajstić information content (AvgIpc) is 3.18. The fourth-order valence-electron chi connectivity index (χ4n) is 3.04. The first-order chi connectivity index (χ1) is 11.1. The molecule has 0 saturated carbocycles. The molecular weight excluding hydrogens is 314 g/mol. The maximum atomic E-state index is 12.6. The number of benzene rings is 1. The van der Waals surface area contributed by atoms with Crippen molar-refractivity contribution in [3.63, 3.8) is 0 Å². The van der Waals surface area contributed by atoms with Gasteiger partial charge in [-0.3, -0.25) is 14.9 Å². The van der Waals surface area contributed by atoms with Crippen LogP contribution in [0.3, 0.4) is 0 Å². The van der Waals surface area contributed by atoms with Gasteiger partial charge in [-0.05, 0) is 12.1 Å². The highest BCUT2D eigenvalue weighted by Gasteiger charge is 2.26. The second-order valence-corrected chi connectivity index (χ2v) is 6.56. The highest BCUT2D eigenvalue weighted by Crippen LogP contribution is 2.30. The SMILES string of the molecule is O=C(c1ccc([N+](=O)[O-])s1)N1CCc2[nH]c3ccccc3c2C1. The number of hydrogen-bond donors (Lipinski definition) is 1. The largest absolute Gasteiger partial charge is 0.358 e. The third kappa shape index (κ3) is 2.29. The minimum Gasteiger partial charge on any atom is -0.358 e. The maximum Gasteiger partial charge on any atom is 0.324 e. The van der Waals surface area contributed by atoms with Crippen LogP contribution in [0.15, 0.2) is 36.4 Å². The van der Waals surface area contributed by atoms with E-state index in [1.54, 1.807) is 4.90 Å². The number of nitrogens with one attached hydrogen (secondary N) is 1. The van der Waals surface area contributed by atoms with E-state index >= 15 is 0 Å². The highest BCUT2D eigenvalue weighted by molar-refractivity contribution is 7.17. The lowest BCUT2D eigenvalue weighted by molar-refractivity contribution is -0.380. The Kier molecular flexibility index (Phi) is 3.16. The van der Waals surface area contributed by atoms with Crippen LogP contribution in [0.1, 0.15) is 20.9 Å². The van der Waals surface area contributed by atoms with E-state index in [1.165, 1.54) is 17.8 Å². The zero-order valence-electron chi connectivity index (χ0n) is 12.1. The van der Waals surface area contributed by atoms with Gasteiger partial charge < -0.3 is 9.88 Å². The maximum absolute atomic E-state index is 12.6. The minimum atomic E-state index is -0.463. The minimum absolute atomic E-state index is 0.00172. The third-order valence-electron chi connectivity index (χ3n) is 4.15. The normalized spacial score (nSPS) is 14.0. The van der Waals surface area contributed by atoms with Crippen LogP contribution in [0.2, 0.25) is 0 Å². The molecule has 2 aromatic heterocycles. The van der Waals surface area contributed by atoms with Crippen LogP contribution in [0.5, 0.6) is 0 Å². The molecule has 116 valence electrons. The van der Waals surface area contributed by atoms with Crippen molar-refractivity contribution in [3.05, 3.63) is 62.6 Å². The van der Waals surface area contributed by atoms with Crippen molar-refractivity contribution in [1.29, 1.82) is 0 Å². The van der Waals surface area contributed by atoms with Crippen LogP contribution >= 0.6 is 11.3 Å². The van der Waals surface area contributed by atoms with Gasteiger partial charge in [-0.2, -0.15) is 0 Å². The lowest BCUT2D eigenvalue weighted by atomic mass is 10.0. The van der Waals surface area contributed by atoms with Gasteiger partial charge in [-0.15, -0.1) is 0 Å². The summed E-state index contributed by atoms with van der Waals surface area (Å²) >= 11 is 0.932. The molecule has 0 bridgehead atoms. The van der Waals surface area contributed by atoms with Crippen molar-refractivity contribution in [1.82, 2.24) is 9.88 Å². The summed E-state index contributed by atoms with van der Waals surface area (Å²) < 4.78 is 0. The number of aromatic nitrogens is 1. The molecule has 0 fully saturated rings. The zero-order chi connectivity index (χ0) is 16.0. The zero-order valence-corrected chi connectivity index (χ0v) is 12.9. The Hall–Kier alpha value is -2.67. The summed E-state index contributed by atoms with van der Waals surface area (Å²) in [6.45, 7) is 1.15. The van der Waals surface area contributed by atoms with Crippen LogP contribution in [-0.4, -0.2) is 27.3 Å². The predicted octanol–water partition coefficient (Wildman–Crippen LogP) is 3.34. The van der Waals surface area contributed by atoms with Crippen LogP contribution in [0.4, 0.5) is 5.00 Å². The highest BCUT2D eigenvalue weighted by atomic mass is 32.1. The van der Waals surface area contributed by atoms with Crippen LogP contribution in [-0.2, 0) is 13.0 Å². The molecule has 0 aliphatic carbocycles. The molecule has 1 amide bonds. The molecule has 1 aliphatic heterocycles. The van der Waals surface area contributed by atoms with E-state index in [1.807, 2.05) is 18.2 Å². The smallest absolute Gasteiger partial charge is 0.324 e. The average molecular weight is 327 g/mol. The summed E-state index contributed by atoms with van der Waals surface area (Å²) in [6.07, 6.45) is 0.767. The fourth-order valence-corrected chi connectivity index (χ4v) is 3.82. The van der Waals surface area contributed by atoms with Crippen LogP contribution in [0.25, 0.3) is 10.9 Å². The molecule has 0 unspecified atom stereocenters. The summed E-state index contributed by atoms with van der Waals surface area (Å²) in [5.74, 6) is -0.140. The predicted molar refractivity (Wildman–Crippen MR) is 87.7 cm³/mol. The lowest BCUT2D eigenvalue weighted by Crippen LogP contribution is -2.35. The van der Waals surface area contributed by atoms with Gasteiger partial charge in [0.1, 0.15) is 0 Å². The number of H-pyrrole nitrogens is 1. The molecule has 23 heavy (non-hydrogen) atoms. The third-order valence-corrected chi connectivity index (χ3v) is 5.18. The van der Waals surface area contributed by atoms with Crippen molar-refractivity contribution in [2.75, 3.05) is 6.54 Å². The van der Waals surface area contributed by atoms with E-state index in [2.05, 4.69) is 11.1 Å². The summed E-state index contributed by atoms with van der Waals surface area (Å²) in [6, 6.07) is 11.0. The molecule has 1 aromatic carbocycles. The van der Waals surface area contributed by atoms with Gasteiger partial charge in [-0.25, -0.2) is 0 Å². The first-order valence-electron chi connectivity index (χ1n) is 7.25. The van der Waals surface area contributed by atoms with Gasteiger partial charge in [0.05, 0.1) is 9.80 Å². The molecule has 0 radical (unpaired) electrons. The van der Waals surface area contributed by atoms with Gasteiger partial charge in [0.25, 0.3) is 5.91 Å². The second-order valence-electron chi connectivity index (χ2n) is 5.50. The van der Waals surface area contributed by atoms with Gasteiger partial charge in [0, 0.05) is 47.7 Å². The molecule has 0 atom stereocenters. The summed E-state index contributed by atoms with van der Waals surface area (Å²) in [7, 11) is 0.